The molecule has 0 aliphatic carbocycles. The van der Waals surface area contributed by atoms with Crippen molar-refractivity contribution in [1.82, 2.24) is 15.3 Å². The third-order valence-electron chi connectivity index (χ3n) is 5.60. The predicted octanol–water partition coefficient (Wildman–Crippen LogP) is 2.42. The van der Waals surface area contributed by atoms with Crippen LogP contribution in [0.4, 0.5) is 10.3 Å². The van der Waals surface area contributed by atoms with E-state index in [0.717, 1.165) is 0 Å². The van der Waals surface area contributed by atoms with Gasteiger partial charge < -0.3 is 24.8 Å². The molecule has 0 spiro atoms. The molecule has 0 radical (unpaired) electrons. The Kier molecular flexibility index (Phi) is 6.14. The number of ether oxygens (including phenoxy) is 3. The minimum atomic E-state index is -0.325. The number of amides is 1. The summed E-state index contributed by atoms with van der Waals surface area (Å²) in [6.07, 6.45) is 1.08. The van der Waals surface area contributed by atoms with Crippen molar-refractivity contribution >= 4 is 11.9 Å². The molecule has 0 unspecified atom stereocenters. The van der Waals surface area contributed by atoms with Gasteiger partial charge in [-0.05, 0) is 30.3 Å². The minimum Gasteiger partial charge on any atom is -0.484 e. The highest BCUT2D eigenvalue weighted by Crippen LogP contribution is 2.29. The van der Waals surface area contributed by atoms with Gasteiger partial charge in [-0.15, -0.1) is 0 Å². The van der Waals surface area contributed by atoms with Crippen LogP contribution in [0.25, 0.3) is 11.3 Å². The van der Waals surface area contributed by atoms with Gasteiger partial charge in [0.05, 0.1) is 31.0 Å². The lowest BCUT2D eigenvalue weighted by molar-refractivity contribution is -0.124. The zero-order chi connectivity index (χ0) is 22.6. The van der Waals surface area contributed by atoms with Gasteiger partial charge in [0.25, 0.3) is 5.91 Å². The second-order valence-electron chi connectivity index (χ2n) is 7.90. The molecule has 2 fully saturated rings. The van der Waals surface area contributed by atoms with Crippen molar-refractivity contribution in [2.24, 2.45) is 0 Å². The Labute approximate surface area is 190 Å². The number of carbonyl (C=O) groups excluding carboxylic acids is 1. The summed E-state index contributed by atoms with van der Waals surface area (Å²) in [4.78, 5) is 21.1. The number of benzene rings is 2. The summed E-state index contributed by atoms with van der Waals surface area (Å²) in [5.74, 6) is 0.474. The lowest BCUT2D eigenvalue weighted by atomic mass is 10.1. The summed E-state index contributed by atoms with van der Waals surface area (Å²) in [6, 6.07) is 16.7. The Morgan fingerprint density at radius 3 is 2.64 bits per heavy atom. The molecule has 33 heavy (non-hydrogen) atoms. The molecule has 5 rings (SSSR count). The maximum Gasteiger partial charge on any atom is 0.258 e. The van der Waals surface area contributed by atoms with E-state index in [9.17, 15) is 9.18 Å². The molecule has 3 heterocycles. The zero-order valence-corrected chi connectivity index (χ0v) is 17.7. The lowest BCUT2D eigenvalue weighted by Crippen LogP contribution is -2.46. The van der Waals surface area contributed by atoms with Gasteiger partial charge in [-0.1, -0.05) is 30.3 Å². The summed E-state index contributed by atoms with van der Waals surface area (Å²) >= 11 is 0. The van der Waals surface area contributed by atoms with Crippen LogP contribution in [0.1, 0.15) is 0 Å². The van der Waals surface area contributed by atoms with Crippen molar-refractivity contribution in [2.75, 3.05) is 25.1 Å². The van der Waals surface area contributed by atoms with Crippen LogP contribution in [0.15, 0.2) is 66.9 Å². The van der Waals surface area contributed by atoms with Crippen molar-refractivity contribution in [1.29, 1.82) is 0 Å². The smallest absolute Gasteiger partial charge is 0.258 e. The van der Waals surface area contributed by atoms with Gasteiger partial charge in [0, 0.05) is 11.8 Å². The Hall–Kier alpha value is -3.56. The Morgan fingerprint density at radius 2 is 1.82 bits per heavy atom. The third kappa shape index (κ3) is 4.94. The fourth-order valence-electron chi connectivity index (χ4n) is 4.06. The second kappa shape index (κ2) is 9.51. The maximum atomic E-state index is 13.6. The summed E-state index contributed by atoms with van der Waals surface area (Å²) in [5.41, 5.74) is 1.27. The van der Waals surface area contributed by atoms with Crippen LogP contribution in [0.2, 0.25) is 0 Å². The molecule has 2 saturated heterocycles. The van der Waals surface area contributed by atoms with Gasteiger partial charge >= 0.3 is 0 Å². The molecule has 9 heteroatoms. The number of hydrogen-bond donors (Lipinski definition) is 2. The first-order valence-corrected chi connectivity index (χ1v) is 10.7. The normalized spacial score (nSPS) is 23.7. The predicted molar refractivity (Wildman–Crippen MR) is 118 cm³/mol. The topological polar surface area (TPSA) is 94.6 Å². The van der Waals surface area contributed by atoms with Gasteiger partial charge in [-0.3, -0.25) is 4.79 Å². The summed E-state index contributed by atoms with van der Waals surface area (Å²) in [6.45, 7) is 0.644. The van der Waals surface area contributed by atoms with E-state index in [4.69, 9.17) is 14.2 Å². The monoisotopic (exact) mass is 450 g/mol. The Balaban J connectivity index is 1.17. The first-order chi connectivity index (χ1) is 16.2. The van der Waals surface area contributed by atoms with Gasteiger partial charge in [-0.2, -0.15) is 0 Å². The molecule has 1 amide bonds. The first-order valence-electron chi connectivity index (χ1n) is 10.7. The molecule has 2 aliphatic rings. The molecule has 2 N–H and O–H groups in total. The number of hydrogen-bond acceptors (Lipinski definition) is 7. The molecular weight excluding hydrogens is 427 g/mol. The SMILES string of the molecule is O=C(COc1ccccc1)N[C@@H]1CO[C@@H]2[C@@H]1OC[C@@H]2Nc1nccc(-c2cccc(F)c2)n1. The van der Waals surface area contributed by atoms with Gasteiger partial charge in [0.2, 0.25) is 5.95 Å². The largest absolute Gasteiger partial charge is 0.484 e. The fraction of sp³-hybridized carbons (Fsp3) is 0.292. The standard InChI is InChI=1S/C24H23FN4O4/c25-16-6-4-5-15(11-16)18-9-10-26-24(28-18)29-20-13-33-22-19(12-32-23(20)22)27-21(30)14-31-17-7-2-1-3-8-17/h1-11,19-20,22-23H,12-14H2,(H,27,30)(H,26,28,29)/t19-,20+,22-,23+/m1/s1. The number of carbonyl (C=O) groups is 1. The van der Waals surface area contributed by atoms with E-state index in [-0.39, 0.29) is 42.6 Å². The average molecular weight is 450 g/mol. The number of rotatable bonds is 7. The fourth-order valence-corrected chi connectivity index (χ4v) is 4.06. The van der Waals surface area contributed by atoms with E-state index in [0.29, 0.717) is 36.2 Å². The molecule has 2 aromatic carbocycles. The molecule has 1 aromatic heterocycles. The highest BCUT2D eigenvalue weighted by atomic mass is 19.1. The van der Waals surface area contributed by atoms with Crippen molar-refractivity contribution in [3.8, 4) is 17.0 Å². The van der Waals surface area contributed by atoms with Gasteiger partial charge in [-0.25, -0.2) is 14.4 Å². The number of fused-ring (bicyclic) bond motifs is 1. The van der Waals surface area contributed by atoms with Crippen LogP contribution in [0.3, 0.4) is 0 Å². The minimum absolute atomic E-state index is 0.0830. The number of anilines is 1. The molecule has 0 saturated carbocycles. The van der Waals surface area contributed by atoms with Crippen LogP contribution in [0, 0.1) is 5.82 Å². The van der Waals surface area contributed by atoms with E-state index in [2.05, 4.69) is 20.6 Å². The summed E-state index contributed by atoms with van der Waals surface area (Å²) in [7, 11) is 0. The summed E-state index contributed by atoms with van der Waals surface area (Å²) in [5, 5.41) is 6.19. The maximum absolute atomic E-state index is 13.6. The van der Waals surface area contributed by atoms with Gasteiger partial charge in [0.1, 0.15) is 23.8 Å². The van der Waals surface area contributed by atoms with Crippen molar-refractivity contribution in [2.45, 2.75) is 24.3 Å². The van der Waals surface area contributed by atoms with E-state index in [1.165, 1.54) is 12.1 Å². The Morgan fingerprint density at radius 1 is 1.03 bits per heavy atom. The summed E-state index contributed by atoms with van der Waals surface area (Å²) < 4.78 is 30.9. The van der Waals surface area contributed by atoms with Crippen molar-refractivity contribution < 1.29 is 23.4 Å². The van der Waals surface area contributed by atoms with E-state index in [1.54, 1.807) is 36.5 Å². The molecule has 8 nitrogen and oxygen atoms in total. The molecule has 170 valence electrons. The first kappa shape index (κ1) is 21.3. The lowest BCUT2D eigenvalue weighted by Gasteiger charge is -2.18. The highest BCUT2D eigenvalue weighted by molar-refractivity contribution is 5.78. The number of nitrogens with zero attached hydrogens (tertiary/aromatic N) is 2. The van der Waals surface area contributed by atoms with Crippen LogP contribution in [-0.2, 0) is 14.3 Å². The highest BCUT2D eigenvalue weighted by Gasteiger charge is 2.48. The number of halogens is 1. The van der Waals surface area contributed by atoms with Crippen LogP contribution < -0.4 is 15.4 Å². The zero-order valence-electron chi connectivity index (χ0n) is 17.7. The van der Waals surface area contributed by atoms with Gasteiger partial charge in [0.15, 0.2) is 6.61 Å². The van der Waals surface area contributed by atoms with Crippen LogP contribution in [-0.4, -0.2) is 60.0 Å². The van der Waals surface area contributed by atoms with E-state index < -0.39 is 0 Å². The van der Waals surface area contributed by atoms with Crippen molar-refractivity contribution in [3.63, 3.8) is 0 Å². The second-order valence-corrected chi connectivity index (χ2v) is 7.90. The Bertz CT molecular complexity index is 1120. The molecule has 3 aromatic rings. The average Bonchev–Trinajstić information content (AvgIpc) is 3.42. The van der Waals surface area contributed by atoms with E-state index >= 15 is 0 Å². The molecule has 0 bridgehead atoms. The molecule has 2 aliphatic heterocycles. The number of aromatic nitrogens is 2. The number of nitrogens with one attached hydrogen (secondary N) is 2. The molecular formula is C24H23FN4O4. The molecule has 4 atom stereocenters. The van der Waals surface area contributed by atoms with Crippen molar-refractivity contribution in [3.05, 3.63) is 72.7 Å². The van der Waals surface area contributed by atoms with E-state index in [1.807, 2.05) is 18.2 Å². The third-order valence-corrected chi connectivity index (χ3v) is 5.60. The number of para-hydroxylation sites is 1. The quantitative estimate of drug-likeness (QED) is 0.571. The van der Waals surface area contributed by atoms with Crippen LogP contribution >= 0.6 is 0 Å². The van der Waals surface area contributed by atoms with Crippen LogP contribution in [0.5, 0.6) is 5.75 Å².